The molecule has 0 aliphatic carbocycles. The van der Waals surface area contributed by atoms with Crippen LogP contribution in [0.25, 0.3) is 33.1 Å². The van der Waals surface area contributed by atoms with Gasteiger partial charge in [-0.25, -0.2) is 0 Å². The third-order valence-corrected chi connectivity index (χ3v) is 5.39. The van der Waals surface area contributed by atoms with E-state index in [0.717, 1.165) is 27.7 Å². The van der Waals surface area contributed by atoms with Gasteiger partial charge in [0.2, 0.25) is 0 Å². The van der Waals surface area contributed by atoms with Crippen LogP contribution in [-0.2, 0) is 0 Å². The highest BCUT2D eigenvalue weighted by Gasteiger charge is 2.21. The molecule has 4 aromatic carbocycles. The van der Waals surface area contributed by atoms with Crippen molar-refractivity contribution in [3.05, 3.63) is 100 Å². The van der Waals surface area contributed by atoms with E-state index < -0.39 is 0 Å². The molecule has 6 heteroatoms. The van der Waals surface area contributed by atoms with Crippen molar-refractivity contribution in [1.82, 2.24) is 0 Å². The lowest BCUT2D eigenvalue weighted by atomic mass is 9.97. The van der Waals surface area contributed by atoms with Crippen molar-refractivity contribution < 1.29 is 9.34 Å². The van der Waals surface area contributed by atoms with E-state index in [4.69, 9.17) is 16.0 Å². The highest BCUT2D eigenvalue weighted by Crippen LogP contribution is 2.43. The minimum atomic E-state index is -0.362. The Morgan fingerprint density at radius 1 is 0.800 bits per heavy atom. The second-order valence-corrected chi connectivity index (χ2v) is 7.25. The Morgan fingerprint density at radius 2 is 1.53 bits per heavy atom. The number of nitro groups is 1. The SMILES string of the molecule is O=[N+]([O-])c1ccccc1-c1ccc(Nc2ccccc2Cl)c2oc3ccccc3c12. The maximum absolute atomic E-state index is 11.6. The molecule has 0 bridgehead atoms. The summed E-state index contributed by atoms with van der Waals surface area (Å²) in [4.78, 5) is 11.3. The molecule has 30 heavy (non-hydrogen) atoms. The van der Waals surface area contributed by atoms with Gasteiger partial charge in [-0.15, -0.1) is 0 Å². The maximum Gasteiger partial charge on any atom is 0.277 e. The second-order valence-electron chi connectivity index (χ2n) is 6.84. The quantitative estimate of drug-likeness (QED) is 0.243. The van der Waals surface area contributed by atoms with Crippen LogP contribution in [0.4, 0.5) is 17.1 Å². The molecular formula is C24H15ClN2O3. The summed E-state index contributed by atoms with van der Waals surface area (Å²) in [7, 11) is 0. The van der Waals surface area contributed by atoms with Gasteiger partial charge in [-0.3, -0.25) is 10.1 Å². The van der Waals surface area contributed by atoms with Gasteiger partial charge in [0.05, 0.1) is 26.9 Å². The molecule has 0 atom stereocenters. The van der Waals surface area contributed by atoms with Crippen molar-refractivity contribution in [3.63, 3.8) is 0 Å². The van der Waals surface area contributed by atoms with Gasteiger partial charge >= 0.3 is 0 Å². The van der Waals surface area contributed by atoms with E-state index in [-0.39, 0.29) is 10.6 Å². The predicted octanol–water partition coefficient (Wildman–Crippen LogP) is 7.56. The zero-order chi connectivity index (χ0) is 20.7. The zero-order valence-electron chi connectivity index (χ0n) is 15.6. The number of para-hydroxylation sites is 3. The van der Waals surface area contributed by atoms with Crippen molar-refractivity contribution in [2.45, 2.75) is 0 Å². The number of rotatable bonds is 4. The average molecular weight is 415 g/mol. The second kappa shape index (κ2) is 7.21. The van der Waals surface area contributed by atoms with Crippen LogP contribution in [-0.4, -0.2) is 4.92 Å². The molecule has 0 saturated carbocycles. The number of benzene rings is 4. The van der Waals surface area contributed by atoms with Crippen molar-refractivity contribution >= 4 is 50.6 Å². The summed E-state index contributed by atoms with van der Waals surface area (Å²) in [6, 6.07) is 25.6. The first kappa shape index (κ1) is 18.2. The summed E-state index contributed by atoms with van der Waals surface area (Å²) in [5, 5.41) is 17.3. The van der Waals surface area contributed by atoms with Crippen LogP contribution in [0.3, 0.4) is 0 Å². The van der Waals surface area contributed by atoms with Gasteiger partial charge in [-0.1, -0.05) is 60.1 Å². The van der Waals surface area contributed by atoms with Crippen LogP contribution >= 0.6 is 11.6 Å². The lowest BCUT2D eigenvalue weighted by Crippen LogP contribution is -1.94. The standard InChI is InChI=1S/C24H15ClN2O3/c25-18-9-3-4-10-19(18)26-20-14-13-16(15-7-1-5-11-21(15)27(28)29)23-17-8-2-6-12-22(17)30-24(20)23/h1-14,26H. The summed E-state index contributed by atoms with van der Waals surface area (Å²) in [6.45, 7) is 0. The van der Waals surface area contributed by atoms with Gasteiger partial charge in [-0.2, -0.15) is 0 Å². The smallest absolute Gasteiger partial charge is 0.277 e. The number of nitrogens with zero attached hydrogens (tertiary/aromatic N) is 1. The van der Waals surface area contributed by atoms with Crippen molar-refractivity contribution in [2.24, 2.45) is 0 Å². The molecule has 0 spiro atoms. The minimum absolute atomic E-state index is 0.0518. The molecule has 0 saturated heterocycles. The number of fused-ring (bicyclic) bond motifs is 3. The van der Waals surface area contributed by atoms with E-state index in [1.807, 2.05) is 54.6 Å². The molecule has 146 valence electrons. The Bertz CT molecular complexity index is 1420. The van der Waals surface area contributed by atoms with Crippen molar-refractivity contribution in [1.29, 1.82) is 0 Å². The summed E-state index contributed by atoms with van der Waals surface area (Å²) < 4.78 is 6.18. The maximum atomic E-state index is 11.6. The van der Waals surface area contributed by atoms with Gasteiger partial charge in [0, 0.05) is 22.4 Å². The van der Waals surface area contributed by atoms with Gasteiger partial charge in [0.1, 0.15) is 5.58 Å². The van der Waals surface area contributed by atoms with E-state index in [1.54, 1.807) is 24.3 Å². The molecule has 0 fully saturated rings. The molecule has 1 N–H and O–H groups in total. The van der Waals surface area contributed by atoms with E-state index in [2.05, 4.69) is 5.32 Å². The summed E-state index contributed by atoms with van der Waals surface area (Å²) in [5.41, 5.74) is 4.15. The monoisotopic (exact) mass is 414 g/mol. The number of anilines is 2. The van der Waals surface area contributed by atoms with Crippen LogP contribution in [0.15, 0.2) is 89.3 Å². The Hall–Kier alpha value is -3.83. The largest absolute Gasteiger partial charge is 0.454 e. The lowest BCUT2D eigenvalue weighted by Gasteiger charge is -2.11. The topological polar surface area (TPSA) is 68.3 Å². The van der Waals surface area contributed by atoms with Crippen molar-refractivity contribution in [2.75, 3.05) is 5.32 Å². The van der Waals surface area contributed by atoms with Gasteiger partial charge in [0.25, 0.3) is 5.69 Å². The normalized spacial score (nSPS) is 11.1. The molecule has 0 unspecified atom stereocenters. The van der Waals surface area contributed by atoms with Gasteiger partial charge in [-0.05, 0) is 30.3 Å². The van der Waals surface area contributed by atoms with Crippen LogP contribution in [0.1, 0.15) is 0 Å². The fraction of sp³-hybridized carbons (Fsp3) is 0. The van der Waals surface area contributed by atoms with E-state index in [1.165, 1.54) is 6.07 Å². The molecule has 0 amide bonds. The van der Waals surface area contributed by atoms with E-state index in [0.29, 0.717) is 21.8 Å². The molecule has 5 rings (SSSR count). The fourth-order valence-electron chi connectivity index (χ4n) is 3.72. The van der Waals surface area contributed by atoms with Crippen LogP contribution < -0.4 is 5.32 Å². The highest BCUT2D eigenvalue weighted by molar-refractivity contribution is 6.33. The average Bonchev–Trinajstić information content (AvgIpc) is 3.16. The minimum Gasteiger partial charge on any atom is -0.454 e. The predicted molar refractivity (Wildman–Crippen MR) is 121 cm³/mol. The highest BCUT2D eigenvalue weighted by atomic mass is 35.5. The van der Waals surface area contributed by atoms with Gasteiger partial charge < -0.3 is 9.73 Å². The molecular weight excluding hydrogens is 400 g/mol. The van der Waals surface area contributed by atoms with E-state index in [9.17, 15) is 10.1 Å². The van der Waals surface area contributed by atoms with Crippen LogP contribution in [0, 0.1) is 10.1 Å². The Balaban J connectivity index is 1.81. The Kier molecular flexibility index (Phi) is 4.38. The first-order valence-electron chi connectivity index (χ1n) is 9.33. The Morgan fingerprint density at radius 3 is 2.37 bits per heavy atom. The first-order chi connectivity index (χ1) is 14.6. The lowest BCUT2D eigenvalue weighted by molar-refractivity contribution is -0.384. The molecule has 0 aliphatic rings. The Labute approximate surface area is 176 Å². The van der Waals surface area contributed by atoms with Gasteiger partial charge in [0.15, 0.2) is 5.58 Å². The van der Waals surface area contributed by atoms with Crippen molar-refractivity contribution in [3.8, 4) is 11.1 Å². The third-order valence-electron chi connectivity index (χ3n) is 5.06. The number of nitrogens with one attached hydrogen (secondary N) is 1. The number of hydrogen-bond donors (Lipinski definition) is 1. The number of hydrogen-bond acceptors (Lipinski definition) is 4. The summed E-state index contributed by atoms with van der Waals surface area (Å²) >= 11 is 6.32. The molecule has 1 aromatic heterocycles. The van der Waals surface area contributed by atoms with E-state index >= 15 is 0 Å². The number of halogens is 1. The molecule has 5 nitrogen and oxygen atoms in total. The first-order valence-corrected chi connectivity index (χ1v) is 9.71. The molecule has 0 aliphatic heterocycles. The number of nitro benzene ring substituents is 1. The molecule has 5 aromatic rings. The summed E-state index contributed by atoms with van der Waals surface area (Å²) in [5.74, 6) is 0. The fourth-order valence-corrected chi connectivity index (χ4v) is 3.90. The van der Waals surface area contributed by atoms with Crippen LogP contribution in [0.2, 0.25) is 5.02 Å². The summed E-state index contributed by atoms with van der Waals surface area (Å²) in [6.07, 6.45) is 0. The molecule has 0 radical (unpaired) electrons. The van der Waals surface area contributed by atoms with Crippen LogP contribution in [0.5, 0.6) is 0 Å². The number of furan rings is 1. The third kappa shape index (κ3) is 2.96. The zero-order valence-corrected chi connectivity index (χ0v) is 16.4. The molecule has 1 heterocycles.